The Labute approximate surface area is 101 Å². The summed E-state index contributed by atoms with van der Waals surface area (Å²) in [5.74, 6) is -1.54. The van der Waals surface area contributed by atoms with E-state index in [1.807, 2.05) is 0 Å². The first-order chi connectivity index (χ1) is 8.25. The highest BCUT2D eigenvalue weighted by atomic mass is 19.2. The van der Waals surface area contributed by atoms with Gasteiger partial charge in [-0.15, -0.1) is 12.8 Å². The van der Waals surface area contributed by atoms with Gasteiger partial charge in [-0.2, -0.15) is 0 Å². The molecule has 0 spiro atoms. The van der Waals surface area contributed by atoms with Gasteiger partial charge in [0.2, 0.25) is 0 Å². The molecule has 1 aromatic rings. The summed E-state index contributed by atoms with van der Waals surface area (Å²) in [7, 11) is 0. The predicted molar refractivity (Wildman–Crippen MR) is 64.4 cm³/mol. The van der Waals surface area contributed by atoms with E-state index in [0.717, 1.165) is 31.7 Å². The van der Waals surface area contributed by atoms with E-state index in [2.05, 4.69) is 23.1 Å². The van der Waals surface area contributed by atoms with Gasteiger partial charge >= 0.3 is 0 Å². The molecule has 0 bridgehead atoms. The summed E-state index contributed by atoms with van der Waals surface area (Å²) in [5, 5.41) is 3.25. The second kappa shape index (κ2) is 7.00. The first-order valence-corrected chi connectivity index (χ1v) is 5.46. The zero-order chi connectivity index (χ0) is 12.7. The fraction of sp³-hybridized carbons (Fsp3) is 0.385. The van der Waals surface area contributed by atoms with Gasteiger partial charge in [0.05, 0.1) is 0 Å². The molecule has 1 N–H and O–H groups in total. The normalized spacial score (nSPS) is 16.0. The van der Waals surface area contributed by atoms with Crippen LogP contribution >= 0.6 is 0 Å². The summed E-state index contributed by atoms with van der Waals surface area (Å²) in [5.41, 5.74) is 0.829. The predicted octanol–water partition coefficient (Wildman–Crippen LogP) is 1.62. The summed E-state index contributed by atoms with van der Waals surface area (Å²) < 4.78 is 25.6. The first-order valence-electron chi connectivity index (χ1n) is 5.46. The van der Waals surface area contributed by atoms with Gasteiger partial charge in [0, 0.05) is 32.7 Å². The number of terminal acetylenes is 1. The standard InChI is InChI=1S/C11H14F2N2.C2H2/c12-10-2-1-9(7-11(10)13)8-15-5-3-14-4-6-15;1-2/h1-2,7,14H,3-6,8H2;1-2H. The van der Waals surface area contributed by atoms with Crippen LogP contribution < -0.4 is 5.32 Å². The Kier molecular flexibility index (Phi) is 5.61. The van der Waals surface area contributed by atoms with Crippen LogP contribution in [0.4, 0.5) is 8.78 Å². The van der Waals surface area contributed by atoms with Crippen molar-refractivity contribution in [1.29, 1.82) is 0 Å². The maximum Gasteiger partial charge on any atom is 0.159 e. The van der Waals surface area contributed by atoms with Crippen LogP contribution in [-0.2, 0) is 6.54 Å². The Hall–Kier alpha value is -1.44. The minimum atomic E-state index is -0.779. The number of benzene rings is 1. The number of piperazine rings is 1. The van der Waals surface area contributed by atoms with Gasteiger partial charge in [-0.25, -0.2) is 8.78 Å². The van der Waals surface area contributed by atoms with Crippen LogP contribution in [0, 0.1) is 24.5 Å². The molecule has 0 atom stereocenters. The Morgan fingerprint density at radius 1 is 1.12 bits per heavy atom. The summed E-state index contributed by atoms with van der Waals surface area (Å²) in [6.45, 7) is 4.53. The summed E-state index contributed by atoms with van der Waals surface area (Å²) >= 11 is 0. The van der Waals surface area contributed by atoms with Gasteiger partial charge in [-0.1, -0.05) is 6.07 Å². The average Bonchev–Trinajstić information content (AvgIpc) is 2.38. The monoisotopic (exact) mass is 238 g/mol. The lowest BCUT2D eigenvalue weighted by Gasteiger charge is -2.27. The molecule has 0 radical (unpaired) electrons. The number of rotatable bonds is 2. The third-order valence-corrected chi connectivity index (χ3v) is 2.60. The lowest BCUT2D eigenvalue weighted by atomic mass is 10.2. The first kappa shape index (κ1) is 13.6. The number of hydrogen-bond acceptors (Lipinski definition) is 2. The van der Waals surface area contributed by atoms with Crippen LogP contribution in [0.5, 0.6) is 0 Å². The van der Waals surface area contributed by atoms with E-state index >= 15 is 0 Å². The van der Waals surface area contributed by atoms with Crippen molar-refractivity contribution >= 4 is 0 Å². The topological polar surface area (TPSA) is 15.3 Å². The maximum atomic E-state index is 12.9. The molecule has 1 aromatic carbocycles. The molecular formula is C13H16F2N2. The molecule has 92 valence electrons. The molecule has 0 aliphatic carbocycles. The summed E-state index contributed by atoms with van der Waals surface area (Å²) in [4.78, 5) is 2.23. The van der Waals surface area contributed by atoms with Crippen LogP contribution in [0.15, 0.2) is 18.2 Å². The van der Waals surface area contributed by atoms with Crippen LogP contribution in [0.2, 0.25) is 0 Å². The fourth-order valence-corrected chi connectivity index (χ4v) is 1.77. The molecule has 17 heavy (non-hydrogen) atoms. The third-order valence-electron chi connectivity index (χ3n) is 2.60. The highest BCUT2D eigenvalue weighted by molar-refractivity contribution is 5.17. The lowest BCUT2D eigenvalue weighted by molar-refractivity contribution is 0.233. The van der Waals surface area contributed by atoms with E-state index < -0.39 is 11.6 Å². The molecule has 2 rings (SSSR count). The van der Waals surface area contributed by atoms with Gasteiger partial charge < -0.3 is 5.32 Å². The van der Waals surface area contributed by atoms with Gasteiger partial charge in [0.15, 0.2) is 11.6 Å². The molecule has 0 amide bonds. The number of nitrogens with one attached hydrogen (secondary N) is 1. The van der Waals surface area contributed by atoms with Gasteiger partial charge in [-0.3, -0.25) is 4.90 Å². The molecule has 4 heteroatoms. The van der Waals surface area contributed by atoms with Crippen molar-refractivity contribution in [3.63, 3.8) is 0 Å². The number of halogens is 2. The second-order valence-corrected chi connectivity index (χ2v) is 3.77. The van der Waals surface area contributed by atoms with E-state index in [-0.39, 0.29) is 0 Å². The molecule has 2 nitrogen and oxygen atoms in total. The Morgan fingerprint density at radius 2 is 1.76 bits per heavy atom. The molecule has 0 unspecified atom stereocenters. The zero-order valence-electron chi connectivity index (χ0n) is 9.63. The fourth-order valence-electron chi connectivity index (χ4n) is 1.77. The molecular weight excluding hydrogens is 222 g/mol. The smallest absolute Gasteiger partial charge is 0.159 e. The van der Waals surface area contributed by atoms with Crippen molar-refractivity contribution < 1.29 is 8.78 Å². The summed E-state index contributed by atoms with van der Waals surface area (Å²) in [6, 6.07) is 4.10. The Morgan fingerprint density at radius 3 is 2.35 bits per heavy atom. The van der Waals surface area contributed by atoms with E-state index in [1.54, 1.807) is 6.07 Å². The Balaban J connectivity index is 0.000000686. The zero-order valence-corrected chi connectivity index (χ0v) is 9.63. The molecule has 1 aliphatic rings. The quantitative estimate of drug-likeness (QED) is 0.788. The molecule has 1 heterocycles. The van der Waals surface area contributed by atoms with Crippen molar-refractivity contribution in [2.24, 2.45) is 0 Å². The molecule has 1 aliphatic heterocycles. The van der Waals surface area contributed by atoms with E-state index in [9.17, 15) is 8.78 Å². The molecule has 1 saturated heterocycles. The minimum absolute atomic E-state index is 0.693. The second-order valence-electron chi connectivity index (χ2n) is 3.77. The number of nitrogens with zero attached hydrogens (tertiary/aromatic N) is 1. The van der Waals surface area contributed by atoms with Crippen molar-refractivity contribution in [1.82, 2.24) is 10.2 Å². The SMILES string of the molecule is C#C.Fc1ccc(CN2CCNCC2)cc1F. The van der Waals surface area contributed by atoms with Crippen LogP contribution in [0.1, 0.15) is 5.56 Å². The molecule has 0 aromatic heterocycles. The van der Waals surface area contributed by atoms with Crippen molar-refractivity contribution in [2.75, 3.05) is 26.2 Å². The summed E-state index contributed by atoms with van der Waals surface area (Å²) in [6.07, 6.45) is 8.00. The van der Waals surface area contributed by atoms with E-state index in [4.69, 9.17) is 0 Å². The third kappa shape index (κ3) is 4.14. The highest BCUT2D eigenvalue weighted by Crippen LogP contribution is 2.11. The molecule has 1 fully saturated rings. The van der Waals surface area contributed by atoms with Crippen LogP contribution in [0.3, 0.4) is 0 Å². The van der Waals surface area contributed by atoms with Crippen molar-refractivity contribution in [3.05, 3.63) is 35.4 Å². The number of hydrogen-bond donors (Lipinski definition) is 1. The van der Waals surface area contributed by atoms with E-state index in [1.165, 1.54) is 12.1 Å². The van der Waals surface area contributed by atoms with Crippen molar-refractivity contribution in [3.8, 4) is 12.8 Å². The largest absolute Gasteiger partial charge is 0.314 e. The maximum absolute atomic E-state index is 12.9. The van der Waals surface area contributed by atoms with Gasteiger partial charge in [0.1, 0.15) is 0 Å². The Bertz CT molecular complexity index is 371. The van der Waals surface area contributed by atoms with Gasteiger partial charge in [-0.05, 0) is 17.7 Å². The minimum Gasteiger partial charge on any atom is -0.314 e. The molecule has 0 saturated carbocycles. The average molecular weight is 238 g/mol. The highest BCUT2D eigenvalue weighted by Gasteiger charge is 2.10. The van der Waals surface area contributed by atoms with Crippen LogP contribution in [-0.4, -0.2) is 31.1 Å². The van der Waals surface area contributed by atoms with Crippen molar-refractivity contribution in [2.45, 2.75) is 6.54 Å². The van der Waals surface area contributed by atoms with E-state index in [0.29, 0.717) is 6.54 Å². The lowest BCUT2D eigenvalue weighted by Crippen LogP contribution is -2.42. The van der Waals surface area contributed by atoms with Gasteiger partial charge in [0.25, 0.3) is 0 Å². The van der Waals surface area contributed by atoms with Crippen LogP contribution in [0.25, 0.3) is 0 Å².